The minimum atomic E-state index is -0.405. The van der Waals surface area contributed by atoms with Gasteiger partial charge in [0, 0.05) is 11.8 Å². The monoisotopic (exact) mass is 338 g/mol. The molecule has 2 N–H and O–H groups in total. The average Bonchev–Trinajstić information content (AvgIpc) is 3.15. The quantitative estimate of drug-likeness (QED) is 0.730. The number of carbonyl (C=O) groups is 1. The smallest absolute Gasteiger partial charge is 0.284 e. The number of rotatable bonds is 2. The summed E-state index contributed by atoms with van der Waals surface area (Å²) < 4.78 is 14.4. The van der Waals surface area contributed by atoms with Gasteiger partial charge in [0.25, 0.3) is 5.91 Å². The maximum Gasteiger partial charge on any atom is 0.284 e. The fraction of sp³-hybridized carbons (Fsp3) is 0. The Morgan fingerprint density at radius 2 is 2.00 bits per heavy atom. The molecule has 2 aromatic carbocycles. The van der Waals surface area contributed by atoms with Crippen molar-refractivity contribution in [1.82, 2.24) is 4.98 Å². The van der Waals surface area contributed by atoms with E-state index >= 15 is 0 Å². The number of anilines is 1. The molecule has 3 aromatic rings. The lowest BCUT2D eigenvalue weighted by Gasteiger charge is -2.05. The van der Waals surface area contributed by atoms with Gasteiger partial charge < -0.3 is 5.73 Å². The third-order valence-electron chi connectivity index (χ3n) is 3.61. The number of halogens is 1. The Bertz CT molecular complexity index is 991. The van der Waals surface area contributed by atoms with E-state index in [9.17, 15) is 9.18 Å². The van der Waals surface area contributed by atoms with Crippen LogP contribution in [0.1, 0.15) is 5.56 Å². The minimum Gasteiger partial charge on any atom is -0.404 e. The average molecular weight is 338 g/mol. The second-order valence-corrected chi connectivity index (χ2v) is 6.13. The van der Waals surface area contributed by atoms with Crippen LogP contribution in [0.3, 0.4) is 0 Å². The van der Waals surface area contributed by atoms with Gasteiger partial charge in [-0.15, -0.1) is 0 Å². The van der Waals surface area contributed by atoms with Gasteiger partial charge in [0.1, 0.15) is 11.5 Å². The zero-order chi connectivity index (χ0) is 16.7. The maximum absolute atomic E-state index is 13.5. The molecule has 118 valence electrons. The number of benzene rings is 2. The van der Waals surface area contributed by atoms with Crippen molar-refractivity contribution in [1.29, 1.82) is 0 Å². The van der Waals surface area contributed by atoms with Crippen LogP contribution in [-0.2, 0) is 4.79 Å². The molecule has 2 heterocycles. The van der Waals surface area contributed by atoms with Crippen LogP contribution in [0.2, 0.25) is 0 Å². The van der Waals surface area contributed by atoms with Gasteiger partial charge in [-0.2, -0.15) is 10.1 Å². The molecule has 0 radical (unpaired) electrons. The number of hydrogen-bond donors (Lipinski definition) is 1. The third-order valence-corrected chi connectivity index (χ3v) is 4.62. The molecule has 24 heavy (non-hydrogen) atoms. The summed E-state index contributed by atoms with van der Waals surface area (Å²) in [7, 11) is 0. The normalized spacial score (nSPS) is 16.2. The van der Waals surface area contributed by atoms with Gasteiger partial charge in [-0.1, -0.05) is 35.6 Å². The standard InChI is InChI=1S/C17H11FN4OS/c18-11-5-3-4-10(8-11)15-12(9-19)16(23)22(21-15)17-20-13-6-1-2-7-14(13)24-17/h1-9H,19H2/b12-9+. The van der Waals surface area contributed by atoms with Crippen molar-refractivity contribution in [2.75, 3.05) is 5.01 Å². The first-order chi connectivity index (χ1) is 11.7. The van der Waals surface area contributed by atoms with Crippen LogP contribution in [0.25, 0.3) is 10.2 Å². The minimum absolute atomic E-state index is 0.222. The number of carbonyl (C=O) groups excluding carboxylic acids is 1. The number of para-hydroxylation sites is 1. The lowest BCUT2D eigenvalue weighted by atomic mass is 10.0. The fourth-order valence-electron chi connectivity index (χ4n) is 2.49. The Morgan fingerprint density at radius 1 is 1.17 bits per heavy atom. The number of fused-ring (bicyclic) bond motifs is 1. The highest BCUT2D eigenvalue weighted by Gasteiger charge is 2.33. The zero-order valence-corrected chi connectivity index (χ0v) is 13.1. The first kappa shape index (κ1) is 14.5. The van der Waals surface area contributed by atoms with Crippen LogP contribution in [-0.4, -0.2) is 16.6 Å². The lowest BCUT2D eigenvalue weighted by Crippen LogP contribution is -2.21. The molecule has 1 amide bonds. The van der Waals surface area contributed by atoms with Gasteiger partial charge in [0.05, 0.1) is 15.8 Å². The molecule has 0 saturated carbocycles. The molecular formula is C17H11FN4OS. The lowest BCUT2D eigenvalue weighted by molar-refractivity contribution is -0.114. The number of nitrogens with two attached hydrogens (primary N) is 1. The highest BCUT2D eigenvalue weighted by Crippen LogP contribution is 2.32. The molecule has 0 atom stereocenters. The van der Waals surface area contributed by atoms with Crippen molar-refractivity contribution < 1.29 is 9.18 Å². The van der Waals surface area contributed by atoms with E-state index in [0.717, 1.165) is 10.2 Å². The number of aromatic nitrogens is 1. The van der Waals surface area contributed by atoms with Crippen LogP contribution in [0, 0.1) is 5.82 Å². The SMILES string of the molecule is N/C=C1/C(=O)N(c2nc3ccccc3s2)N=C1c1cccc(F)c1. The molecule has 0 unspecified atom stereocenters. The number of nitrogens with zero attached hydrogens (tertiary/aromatic N) is 3. The van der Waals surface area contributed by atoms with Crippen LogP contribution in [0.5, 0.6) is 0 Å². The summed E-state index contributed by atoms with van der Waals surface area (Å²) in [5.74, 6) is -0.784. The molecule has 0 aliphatic carbocycles. The molecule has 0 spiro atoms. The molecular weight excluding hydrogens is 327 g/mol. The van der Waals surface area contributed by atoms with E-state index in [1.807, 2.05) is 24.3 Å². The van der Waals surface area contributed by atoms with Crippen molar-refractivity contribution in [3.8, 4) is 0 Å². The summed E-state index contributed by atoms with van der Waals surface area (Å²) in [5.41, 5.74) is 7.44. The first-order valence-corrected chi connectivity index (χ1v) is 7.96. The van der Waals surface area contributed by atoms with Crippen molar-refractivity contribution >= 4 is 38.3 Å². The van der Waals surface area contributed by atoms with Gasteiger partial charge in [0.2, 0.25) is 5.13 Å². The number of amides is 1. The maximum atomic E-state index is 13.5. The summed E-state index contributed by atoms with van der Waals surface area (Å²) in [4.78, 5) is 17.1. The summed E-state index contributed by atoms with van der Waals surface area (Å²) >= 11 is 1.36. The van der Waals surface area contributed by atoms with Crippen molar-refractivity contribution in [2.24, 2.45) is 10.8 Å². The molecule has 1 aliphatic heterocycles. The first-order valence-electron chi connectivity index (χ1n) is 7.14. The molecule has 0 fully saturated rings. The van der Waals surface area contributed by atoms with Crippen LogP contribution in [0.4, 0.5) is 9.52 Å². The van der Waals surface area contributed by atoms with Gasteiger partial charge in [-0.3, -0.25) is 4.79 Å². The van der Waals surface area contributed by atoms with E-state index in [2.05, 4.69) is 10.1 Å². The molecule has 1 aliphatic rings. The molecule has 7 heteroatoms. The van der Waals surface area contributed by atoms with Gasteiger partial charge in [0.15, 0.2) is 0 Å². The topological polar surface area (TPSA) is 71.6 Å². The van der Waals surface area contributed by atoms with E-state index in [1.165, 1.54) is 34.7 Å². The summed E-state index contributed by atoms with van der Waals surface area (Å²) in [5, 5.41) is 5.99. The highest BCUT2D eigenvalue weighted by atomic mass is 32.1. The second kappa shape index (κ2) is 5.54. The largest absolute Gasteiger partial charge is 0.404 e. The zero-order valence-electron chi connectivity index (χ0n) is 12.3. The van der Waals surface area contributed by atoms with Crippen molar-refractivity contribution in [2.45, 2.75) is 0 Å². The molecule has 4 rings (SSSR count). The fourth-order valence-corrected chi connectivity index (χ4v) is 3.41. The highest BCUT2D eigenvalue weighted by molar-refractivity contribution is 7.22. The summed E-state index contributed by atoms with van der Waals surface area (Å²) in [6.07, 6.45) is 1.19. The van der Waals surface area contributed by atoms with Crippen LogP contribution < -0.4 is 10.7 Å². The Kier molecular flexibility index (Phi) is 3.35. The Hall–Kier alpha value is -3.06. The van der Waals surface area contributed by atoms with E-state index in [4.69, 9.17) is 5.73 Å². The third kappa shape index (κ3) is 2.26. The van der Waals surface area contributed by atoms with E-state index in [1.54, 1.807) is 12.1 Å². The van der Waals surface area contributed by atoms with Gasteiger partial charge in [-0.25, -0.2) is 9.37 Å². The van der Waals surface area contributed by atoms with E-state index in [-0.39, 0.29) is 11.5 Å². The molecule has 5 nitrogen and oxygen atoms in total. The summed E-state index contributed by atoms with van der Waals surface area (Å²) in [6, 6.07) is 13.5. The molecule has 0 saturated heterocycles. The van der Waals surface area contributed by atoms with Crippen LogP contribution in [0.15, 0.2) is 65.4 Å². The number of thiazole rings is 1. The van der Waals surface area contributed by atoms with E-state index in [0.29, 0.717) is 16.4 Å². The second-order valence-electron chi connectivity index (χ2n) is 5.12. The molecule has 0 bridgehead atoms. The van der Waals surface area contributed by atoms with E-state index < -0.39 is 5.82 Å². The Morgan fingerprint density at radius 3 is 2.75 bits per heavy atom. The number of hydrazone groups is 1. The Balaban J connectivity index is 1.83. The van der Waals surface area contributed by atoms with Gasteiger partial charge >= 0.3 is 0 Å². The van der Waals surface area contributed by atoms with Crippen molar-refractivity contribution in [3.05, 3.63) is 71.7 Å². The predicted octanol–water partition coefficient (Wildman–Crippen LogP) is 3.03. The Labute approximate surface area is 140 Å². The molecule has 1 aromatic heterocycles. The van der Waals surface area contributed by atoms with Crippen molar-refractivity contribution in [3.63, 3.8) is 0 Å². The van der Waals surface area contributed by atoms with Crippen LogP contribution >= 0.6 is 11.3 Å². The van der Waals surface area contributed by atoms with Gasteiger partial charge in [-0.05, 0) is 24.3 Å². The number of hydrogen-bond acceptors (Lipinski definition) is 5. The summed E-state index contributed by atoms with van der Waals surface area (Å²) in [6.45, 7) is 0. The predicted molar refractivity (Wildman–Crippen MR) is 92.3 cm³/mol.